The first-order chi connectivity index (χ1) is 13.0. The summed E-state index contributed by atoms with van der Waals surface area (Å²) in [5.41, 5.74) is 3.22. The quantitative estimate of drug-likeness (QED) is 0.499. The minimum atomic E-state index is -0.340. The predicted molar refractivity (Wildman–Crippen MR) is 106 cm³/mol. The molecule has 0 saturated heterocycles. The molecule has 0 aliphatic carbocycles. The van der Waals surface area contributed by atoms with E-state index in [0.717, 1.165) is 41.0 Å². The lowest BCUT2D eigenvalue weighted by Gasteiger charge is -2.10. The van der Waals surface area contributed by atoms with Gasteiger partial charge in [0.15, 0.2) is 11.5 Å². The fourth-order valence-corrected chi connectivity index (χ4v) is 3.24. The van der Waals surface area contributed by atoms with Crippen molar-refractivity contribution in [3.63, 3.8) is 0 Å². The molecule has 27 heavy (non-hydrogen) atoms. The molecule has 3 aromatic rings. The van der Waals surface area contributed by atoms with Gasteiger partial charge < -0.3 is 19.2 Å². The number of hydrogen-bond donors (Lipinski definition) is 1. The molecule has 2 aromatic carbocycles. The first-order valence-corrected chi connectivity index (χ1v) is 9.15. The molecule has 0 saturated carbocycles. The standard InChI is InChI=1S/C21H22ClNO4/c1-13-8-19-16(11-17(13)22)15(10-21(24)27-19)12-23-7-6-14-4-5-18(25-2)20(9-14)26-3/h4-5,8-11,23H,6-7,12H2,1-3H3/p+1. The normalized spacial score (nSPS) is 11.0. The summed E-state index contributed by atoms with van der Waals surface area (Å²) in [4.78, 5) is 11.8. The van der Waals surface area contributed by atoms with Gasteiger partial charge in [-0.05, 0) is 42.3 Å². The van der Waals surface area contributed by atoms with Crippen LogP contribution in [0.1, 0.15) is 16.7 Å². The fraction of sp³-hybridized carbons (Fsp3) is 0.286. The van der Waals surface area contributed by atoms with Crippen LogP contribution in [0.15, 0.2) is 45.6 Å². The first-order valence-electron chi connectivity index (χ1n) is 8.77. The highest BCUT2D eigenvalue weighted by atomic mass is 35.5. The molecule has 0 fully saturated rings. The summed E-state index contributed by atoms with van der Waals surface area (Å²) in [6.45, 7) is 3.44. The van der Waals surface area contributed by atoms with Crippen LogP contribution in [0.5, 0.6) is 11.5 Å². The van der Waals surface area contributed by atoms with Gasteiger partial charge in [-0.1, -0.05) is 17.7 Å². The number of hydrogen-bond acceptors (Lipinski definition) is 4. The van der Waals surface area contributed by atoms with Gasteiger partial charge in [0.05, 0.1) is 20.8 Å². The molecule has 0 aliphatic rings. The Morgan fingerprint density at radius 2 is 1.85 bits per heavy atom. The van der Waals surface area contributed by atoms with Crippen LogP contribution in [0, 0.1) is 6.92 Å². The van der Waals surface area contributed by atoms with Crippen molar-refractivity contribution in [3.05, 3.63) is 68.5 Å². The van der Waals surface area contributed by atoms with Gasteiger partial charge in [0, 0.05) is 28.5 Å². The maximum atomic E-state index is 11.8. The van der Waals surface area contributed by atoms with Crippen LogP contribution in [0.2, 0.25) is 5.02 Å². The lowest BCUT2D eigenvalue weighted by atomic mass is 10.1. The number of benzene rings is 2. The predicted octanol–water partition coefficient (Wildman–Crippen LogP) is 3.08. The molecule has 0 unspecified atom stereocenters. The number of halogens is 1. The molecule has 0 atom stereocenters. The Morgan fingerprint density at radius 1 is 1.07 bits per heavy atom. The zero-order chi connectivity index (χ0) is 19.4. The van der Waals surface area contributed by atoms with Crippen LogP contribution in [0.3, 0.4) is 0 Å². The van der Waals surface area contributed by atoms with Crippen LogP contribution >= 0.6 is 11.6 Å². The third kappa shape index (κ3) is 4.43. The monoisotopic (exact) mass is 388 g/mol. The van der Waals surface area contributed by atoms with Gasteiger partial charge in [-0.25, -0.2) is 4.79 Å². The second-order valence-electron chi connectivity index (χ2n) is 6.41. The smallest absolute Gasteiger partial charge is 0.336 e. The van der Waals surface area contributed by atoms with Crippen molar-refractivity contribution < 1.29 is 19.2 Å². The van der Waals surface area contributed by atoms with Crippen molar-refractivity contribution in [1.29, 1.82) is 0 Å². The Morgan fingerprint density at radius 3 is 2.59 bits per heavy atom. The van der Waals surface area contributed by atoms with E-state index in [2.05, 4.69) is 5.32 Å². The number of nitrogens with two attached hydrogens (primary N) is 1. The zero-order valence-corrected chi connectivity index (χ0v) is 16.4. The molecule has 3 rings (SSSR count). The molecule has 0 radical (unpaired) electrons. The zero-order valence-electron chi connectivity index (χ0n) is 15.7. The summed E-state index contributed by atoms with van der Waals surface area (Å²) >= 11 is 6.24. The highest BCUT2D eigenvalue weighted by molar-refractivity contribution is 6.32. The summed E-state index contributed by atoms with van der Waals surface area (Å²) in [6, 6.07) is 11.2. The van der Waals surface area contributed by atoms with E-state index in [1.807, 2.05) is 37.3 Å². The second kappa shape index (κ2) is 8.46. The number of ether oxygens (including phenoxy) is 2. The number of aryl methyl sites for hydroxylation is 1. The van der Waals surface area contributed by atoms with E-state index in [1.54, 1.807) is 20.3 Å². The number of fused-ring (bicyclic) bond motifs is 1. The maximum absolute atomic E-state index is 11.8. The number of rotatable bonds is 7. The summed E-state index contributed by atoms with van der Waals surface area (Å²) in [7, 11) is 3.26. The molecule has 0 aliphatic heterocycles. The summed E-state index contributed by atoms with van der Waals surface area (Å²) < 4.78 is 15.9. The second-order valence-corrected chi connectivity index (χ2v) is 6.82. The number of methoxy groups -OCH3 is 2. The van der Waals surface area contributed by atoms with Crippen LogP contribution < -0.4 is 20.4 Å². The minimum absolute atomic E-state index is 0.340. The molecule has 1 aromatic heterocycles. The Balaban J connectivity index is 1.69. The molecule has 0 bridgehead atoms. The van der Waals surface area contributed by atoms with Gasteiger partial charge >= 0.3 is 5.63 Å². The molecule has 142 valence electrons. The van der Waals surface area contributed by atoms with Crippen molar-refractivity contribution in [2.24, 2.45) is 0 Å². The first kappa shape index (κ1) is 19.3. The summed E-state index contributed by atoms with van der Waals surface area (Å²) in [6.07, 6.45) is 0.875. The molecule has 0 amide bonds. The van der Waals surface area contributed by atoms with E-state index in [1.165, 1.54) is 5.56 Å². The van der Waals surface area contributed by atoms with Crippen LogP contribution in [0.4, 0.5) is 0 Å². The van der Waals surface area contributed by atoms with Crippen molar-refractivity contribution in [2.45, 2.75) is 19.9 Å². The van der Waals surface area contributed by atoms with E-state index < -0.39 is 0 Å². The molecule has 2 N–H and O–H groups in total. The Bertz CT molecular complexity index is 1010. The van der Waals surface area contributed by atoms with Gasteiger partial charge in [0.25, 0.3) is 0 Å². The van der Waals surface area contributed by atoms with Crippen molar-refractivity contribution in [1.82, 2.24) is 0 Å². The highest BCUT2D eigenvalue weighted by Crippen LogP contribution is 2.27. The highest BCUT2D eigenvalue weighted by Gasteiger charge is 2.10. The van der Waals surface area contributed by atoms with Gasteiger partial charge in [-0.3, -0.25) is 0 Å². The van der Waals surface area contributed by atoms with Crippen molar-refractivity contribution in [2.75, 3.05) is 20.8 Å². The third-order valence-corrected chi connectivity index (χ3v) is 4.97. The van der Waals surface area contributed by atoms with Crippen LogP contribution in [-0.4, -0.2) is 20.8 Å². The van der Waals surface area contributed by atoms with Crippen LogP contribution in [-0.2, 0) is 13.0 Å². The summed E-state index contributed by atoms with van der Waals surface area (Å²) in [5.74, 6) is 1.45. The number of quaternary nitrogens is 1. The Labute approximate surface area is 162 Å². The van der Waals surface area contributed by atoms with Gasteiger partial charge in [0.2, 0.25) is 0 Å². The molecule has 0 spiro atoms. The molecule has 6 heteroatoms. The minimum Gasteiger partial charge on any atom is -0.493 e. The Kier molecular flexibility index (Phi) is 6.04. The lowest BCUT2D eigenvalue weighted by Crippen LogP contribution is -2.83. The van der Waals surface area contributed by atoms with E-state index in [9.17, 15) is 4.79 Å². The molecular formula is C21H23ClNO4+. The van der Waals surface area contributed by atoms with E-state index in [-0.39, 0.29) is 5.63 Å². The fourth-order valence-electron chi connectivity index (χ4n) is 3.08. The average molecular weight is 389 g/mol. The maximum Gasteiger partial charge on any atom is 0.336 e. The van der Waals surface area contributed by atoms with Crippen molar-refractivity contribution >= 4 is 22.6 Å². The largest absolute Gasteiger partial charge is 0.493 e. The van der Waals surface area contributed by atoms with E-state index in [0.29, 0.717) is 17.2 Å². The average Bonchev–Trinajstić information content (AvgIpc) is 2.66. The van der Waals surface area contributed by atoms with Crippen molar-refractivity contribution in [3.8, 4) is 11.5 Å². The Hall–Kier alpha value is -2.50. The molecule has 1 heterocycles. The molecule has 5 nitrogen and oxygen atoms in total. The van der Waals surface area contributed by atoms with E-state index in [4.69, 9.17) is 25.5 Å². The van der Waals surface area contributed by atoms with Gasteiger partial charge in [-0.15, -0.1) is 0 Å². The van der Waals surface area contributed by atoms with E-state index >= 15 is 0 Å². The summed E-state index contributed by atoms with van der Waals surface area (Å²) in [5, 5.41) is 3.72. The van der Waals surface area contributed by atoms with Gasteiger partial charge in [0.1, 0.15) is 12.1 Å². The third-order valence-electron chi connectivity index (χ3n) is 4.56. The van der Waals surface area contributed by atoms with Crippen LogP contribution in [0.25, 0.3) is 11.0 Å². The molecular weight excluding hydrogens is 366 g/mol. The topological polar surface area (TPSA) is 65.3 Å². The van der Waals surface area contributed by atoms with Gasteiger partial charge in [-0.2, -0.15) is 0 Å². The SMILES string of the molecule is COc1ccc(CC[NH2+]Cc2cc(=O)oc3cc(C)c(Cl)cc23)cc1OC. The lowest BCUT2D eigenvalue weighted by molar-refractivity contribution is -0.670.